The Morgan fingerprint density at radius 3 is 2.32 bits per heavy atom. The van der Waals surface area contributed by atoms with Crippen molar-refractivity contribution in [1.82, 2.24) is 9.78 Å². The number of hydrogen-bond acceptors (Lipinski definition) is 1. The monoisotopic (exact) mass is 316 g/mol. The molecule has 0 fully saturated rings. The second kappa shape index (κ2) is 4.97. The van der Waals surface area contributed by atoms with Crippen molar-refractivity contribution in [1.29, 1.82) is 0 Å². The van der Waals surface area contributed by atoms with Gasteiger partial charge in [-0.1, -0.05) is 30.3 Å². The summed E-state index contributed by atoms with van der Waals surface area (Å²) < 4.78 is 15.7. The minimum Gasteiger partial charge on any atom is -0.232 e. The van der Waals surface area contributed by atoms with E-state index >= 15 is 0 Å². The highest BCUT2D eigenvalue weighted by Gasteiger charge is 2.12. The van der Waals surface area contributed by atoms with Gasteiger partial charge in [0.1, 0.15) is 5.82 Å². The molecule has 0 saturated heterocycles. The van der Waals surface area contributed by atoms with Crippen LogP contribution in [-0.4, -0.2) is 9.78 Å². The lowest BCUT2D eigenvalue weighted by Gasteiger charge is -2.08. The van der Waals surface area contributed by atoms with Crippen LogP contribution in [0.1, 0.15) is 0 Å². The molecule has 3 aromatic rings. The Labute approximate surface area is 118 Å². The van der Waals surface area contributed by atoms with Crippen LogP contribution in [0, 0.1) is 5.82 Å². The van der Waals surface area contributed by atoms with Crippen molar-refractivity contribution in [2.45, 2.75) is 0 Å². The van der Waals surface area contributed by atoms with E-state index in [0.717, 1.165) is 21.4 Å². The summed E-state index contributed by atoms with van der Waals surface area (Å²) in [6.07, 6.45) is 1.74. The number of halogens is 2. The highest BCUT2D eigenvalue weighted by molar-refractivity contribution is 9.10. The molecule has 0 aliphatic carbocycles. The highest BCUT2D eigenvalue weighted by atomic mass is 79.9. The van der Waals surface area contributed by atoms with Crippen molar-refractivity contribution in [2.24, 2.45) is 0 Å². The van der Waals surface area contributed by atoms with Gasteiger partial charge in [-0.3, -0.25) is 0 Å². The van der Waals surface area contributed by atoms with Crippen LogP contribution in [0.5, 0.6) is 0 Å². The largest absolute Gasteiger partial charge is 0.232 e. The SMILES string of the molecule is Fc1ccc(-n2ncc(Br)c2-c2ccccc2)cc1. The normalized spacial score (nSPS) is 10.6. The Hall–Kier alpha value is -1.94. The van der Waals surface area contributed by atoms with Crippen molar-refractivity contribution >= 4 is 15.9 Å². The highest BCUT2D eigenvalue weighted by Crippen LogP contribution is 2.30. The Bertz CT molecular complexity index is 690. The lowest BCUT2D eigenvalue weighted by molar-refractivity contribution is 0.627. The maximum atomic E-state index is 13.0. The third-order valence-electron chi connectivity index (χ3n) is 2.84. The molecule has 2 nitrogen and oxygen atoms in total. The van der Waals surface area contributed by atoms with Crippen molar-refractivity contribution in [3.8, 4) is 16.9 Å². The van der Waals surface area contributed by atoms with Crippen LogP contribution < -0.4 is 0 Å². The molecular formula is C15H10BrFN2. The molecule has 0 radical (unpaired) electrons. The molecule has 0 N–H and O–H groups in total. The zero-order chi connectivity index (χ0) is 13.2. The van der Waals surface area contributed by atoms with Crippen molar-refractivity contribution in [2.75, 3.05) is 0 Å². The van der Waals surface area contributed by atoms with Gasteiger partial charge in [-0.25, -0.2) is 9.07 Å². The van der Waals surface area contributed by atoms with Gasteiger partial charge in [-0.05, 0) is 40.2 Å². The Morgan fingerprint density at radius 1 is 0.947 bits per heavy atom. The van der Waals surface area contributed by atoms with Crippen molar-refractivity contribution in [3.05, 3.63) is 71.1 Å². The molecule has 0 aliphatic rings. The van der Waals surface area contributed by atoms with Gasteiger partial charge in [0.25, 0.3) is 0 Å². The van der Waals surface area contributed by atoms with Crippen LogP contribution in [0.3, 0.4) is 0 Å². The van der Waals surface area contributed by atoms with Crippen LogP contribution >= 0.6 is 15.9 Å². The van der Waals surface area contributed by atoms with Crippen LogP contribution in [0.2, 0.25) is 0 Å². The molecule has 2 aromatic carbocycles. The van der Waals surface area contributed by atoms with E-state index in [1.165, 1.54) is 12.1 Å². The van der Waals surface area contributed by atoms with E-state index in [9.17, 15) is 4.39 Å². The van der Waals surface area contributed by atoms with Crippen LogP contribution in [-0.2, 0) is 0 Å². The summed E-state index contributed by atoms with van der Waals surface area (Å²) in [5.41, 5.74) is 2.83. The summed E-state index contributed by atoms with van der Waals surface area (Å²) in [5, 5.41) is 4.34. The molecule has 19 heavy (non-hydrogen) atoms. The van der Waals surface area contributed by atoms with E-state index < -0.39 is 0 Å². The average molecular weight is 317 g/mol. The Kier molecular flexibility index (Phi) is 3.17. The van der Waals surface area contributed by atoms with E-state index in [4.69, 9.17) is 0 Å². The summed E-state index contributed by atoms with van der Waals surface area (Å²) in [4.78, 5) is 0. The van der Waals surface area contributed by atoms with E-state index in [0.29, 0.717) is 0 Å². The maximum Gasteiger partial charge on any atom is 0.123 e. The van der Waals surface area contributed by atoms with E-state index in [1.807, 2.05) is 30.3 Å². The zero-order valence-electron chi connectivity index (χ0n) is 9.92. The quantitative estimate of drug-likeness (QED) is 0.683. The molecule has 1 heterocycles. The molecule has 0 amide bonds. The van der Waals surface area contributed by atoms with Gasteiger partial charge < -0.3 is 0 Å². The van der Waals surface area contributed by atoms with Crippen LogP contribution in [0.25, 0.3) is 16.9 Å². The predicted molar refractivity (Wildman–Crippen MR) is 76.7 cm³/mol. The molecular weight excluding hydrogens is 307 g/mol. The fourth-order valence-corrected chi connectivity index (χ4v) is 2.45. The standard InChI is InChI=1S/C15H10BrFN2/c16-14-10-18-19(13-8-6-12(17)7-9-13)15(14)11-4-2-1-3-5-11/h1-10H. The second-order valence-corrected chi connectivity index (χ2v) is 4.95. The third-order valence-corrected chi connectivity index (χ3v) is 3.42. The lowest BCUT2D eigenvalue weighted by atomic mass is 10.1. The first-order valence-electron chi connectivity index (χ1n) is 5.80. The Balaban J connectivity index is 2.16. The summed E-state index contributed by atoms with van der Waals surface area (Å²) in [6.45, 7) is 0. The van der Waals surface area contributed by atoms with Gasteiger partial charge in [0.2, 0.25) is 0 Å². The van der Waals surface area contributed by atoms with Gasteiger partial charge in [-0.2, -0.15) is 5.10 Å². The van der Waals surface area contributed by atoms with E-state index in [-0.39, 0.29) is 5.82 Å². The molecule has 0 bridgehead atoms. The van der Waals surface area contributed by atoms with Gasteiger partial charge >= 0.3 is 0 Å². The first kappa shape index (κ1) is 12.1. The molecule has 0 unspecified atom stereocenters. The first-order chi connectivity index (χ1) is 9.25. The maximum absolute atomic E-state index is 13.0. The zero-order valence-corrected chi connectivity index (χ0v) is 11.5. The topological polar surface area (TPSA) is 17.8 Å². The summed E-state index contributed by atoms with van der Waals surface area (Å²) in [5.74, 6) is -0.253. The lowest BCUT2D eigenvalue weighted by Crippen LogP contribution is -1.99. The van der Waals surface area contributed by atoms with Gasteiger partial charge in [-0.15, -0.1) is 0 Å². The van der Waals surface area contributed by atoms with Crippen LogP contribution in [0.4, 0.5) is 4.39 Å². The minimum atomic E-state index is -0.253. The Morgan fingerprint density at radius 2 is 1.63 bits per heavy atom. The molecule has 4 heteroatoms. The summed E-state index contributed by atoms with van der Waals surface area (Å²) >= 11 is 3.51. The van der Waals surface area contributed by atoms with Crippen molar-refractivity contribution < 1.29 is 4.39 Å². The van der Waals surface area contributed by atoms with Crippen LogP contribution in [0.15, 0.2) is 65.3 Å². The summed E-state index contributed by atoms with van der Waals surface area (Å²) in [7, 11) is 0. The average Bonchev–Trinajstić information content (AvgIpc) is 2.82. The molecule has 0 saturated carbocycles. The van der Waals surface area contributed by atoms with Gasteiger partial charge in [0, 0.05) is 5.56 Å². The fraction of sp³-hybridized carbons (Fsp3) is 0. The number of benzene rings is 2. The van der Waals surface area contributed by atoms with Gasteiger partial charge in [0.15, 0.2) is 0 Å². The molecule has 0 spiro atoms. The first-order valence-corrected chi connectivity index (χ1v) is 6.60. The number of hydrogen-bond donors (Lipinski definition) is 0. The minimum absolute atomic E-state index is 0.253. The molecule has 0 atom stereocenters. The fourth-order valence-electron chi connectivity index (χ4n) is 1.96. The van der Waals surface area contributed by atoms with Gasteiger partial charge in [0.05, 0.1) is 22.1 Å². The number of aromatic nitrogens is 2. The second-order valence-electron chi connectivity index (χ2n) is 4.10. The summed E-state index contributed by atoms with van der Waals surface area (Å²) in [6, 6.07) is 16.2. The third kappa shape index (κ3) is 2.31. The molecule has 94 valence electrons. The molecule has 3 rings (SSSR count). The van der Waals surface area contributed by atoms with E-state index in [2.05, 4.69) is 21.0 Å². The predicted octanol–water partition coefficient (Wildman–Crippen LogP) is 4.44. The number of rotatable bonds is 2. The molecule has 1 aromatic heterocycles. The van der Waals surface area contributed by atoms with E-state index in [1.54, 1.807) is 23.0 Å². The van der Waals surface area contributed by atoms with Crippen molar-refractivity contribution in [3.63, 3.8) is 0 Å². The number of nitrogens with zero attached hydrogens (tertiary/aromatic N) is 2. The molecule has 0 aliphatic heterocycles. The smallest absolute Gasteiger partial charge is 0.123 e.